The number of ketones is 2. The Labute approximate surface area is 134 Å². The van der Waals surface area contributed by atoms with Gasteiger partial charge >= 0.3 is 5.97 Å². The van der Waals surface area contributed by atoms with Crippen LogP contribution < -0.4 is 0 Å². The number of esters is 1. The molecule has 0 amide bonds. The van der Waals surface area contributed by atoms with Crippen molar-refractivity contribution >= 4 is 41.0 Å². The van der Waals surface area contributed by atoms with Gasteiger partial charge in [0.15, 0.2) is 0 Å². The number of carbonyl (C=O) groups is 3. The summed E-state index contributed by atoms with van der Waals surface area (Å²) in [5, 5.41) is 0.122. The Morgan fingerprint density at radius 2 is 1.82 bits per heavy atom. The highest BCUT2D eigenvalue weighted by atomic mass is 35.5. The average molecular weight is 324 g/mol. The molecule has 0 spiro atoms. The molecule has 0 saturated carbocycles. The van der Waals surface area contributed by atoms with Gasteiger partial charge in [0.25, 0.3) is 0 Å². The maximum absolute atomic E-state index is 11.8. The van der Waals surface area contributed by atoms with E-state index < -0.39 is 11.9 Å². The summed E-state index contributed by atoms with van der Waals surface area (Å²) in [5.74, 6) is -1.85. The first-order chi connectivity index (χ1) is 10.5. The highest BCUT2D eigenvalue weighted by Gasteiger charge is 2.22. The second-order valence-electron chi connectivity index (χ2n) is 4.53. The molecule has 1 rings (SSSR count). The fourth-order valence-corrected chi connectivity index (χ4v) is 2.08. The number of halogens is 1. The second kappa shape index (κ2) is 8.44. The van der Waals surface area contributed by atoms with Crippen molar-refractivity contribution in [3.05, 3.63) is 28.8 Å². The number of Topliss-reactive ketones (excluding diaryl/α,β-unsaturated/α-hetero) is 2. The molecular formula is C16H18ClNO4. The predicted octanol–water partition coefficient (Wildman–Crippen LogP) is 3.40. The molecule has 22 heavy (non-hydrogen) atoms. The number of carbonyl (C=O) groups excluding carboxylic acids is 3. The van der Waals surface area contributed by atoms with Crippen LogP contribution in [0.1, 0.15) is 37.0 Å². The molecule has 1 aromatic carbocycles. The minimum absolute atomic E-state index is 0.122. The summed E-state index contributed by atoms with van der Waals surface area (Å²) in [6.07, 6.45) is 1.79. The summed E-state index contributed by atoms with van der Waals surface area (Å²) in [5.41, 5.74) is 0.487. The lowest BCUT2D eigenvalue weighted by atomic mass is 9.97. The van der Waals surface area contributed by atoms with Gasteiger partial charge in [-0.2, -0.15) is 0 Å². The lowest BCUT2D eigenvalue weighted by Gasteiger charge is -2.08. The van der Waals surface area contributed by atoms with Gasteiger partial charge in [0.2, 0.25) is 0 Å². The SMILES string of the molecule is CCC(=O)C(C=Nc1cccc(C(=O)OC)c1Cl)C(=O)CC. The van der Waals surface area contributed by atoms with Crippen LogP contribution >= 0.6 is 11.6 Å². The zero-order chi connectivity index (χ0) is 16.7. The number of benzene rings is 1. The molecule has 0 N–H and O–H groups in total. The predicted molar refractivity (Wildman–Crippen MR) is 85.0 cm³/mol. The lowest BCUT2D eigenvalue weighted by Crippen LogP contribution is -2.24. The van der Waals surface area contributed by atoms with E-state index in [0.717, 1.165) is 0 Å². The quantitative estimate of drug-likeness (QED) is 0.438. The Morgan fingerprint density at radius 3 is 2.32 bits per heavy atom. The van der Waals surface area contributed by atoms with Gasteiger partial charge in [0, 0.05) is 19.1 Å². The van der Waals surface area contributed by atoms with Crippen LogP contribution in [0.2, 0.25) is 5.02 Å². The third-order valence-corrected chi connectivity index (χ3v) is 3.53. The number of aliphatic imine (C=N–C) groups is 1. The highest BCUT2D eigenvalue weighted by molar-refractivity contribution is 6.36. The zero-order valence-electron chi connectivity index (χ0n) is 12.8. The molecule has 0 saturated heterocycles. The van der Waals surface area contributed by atoms with Crippen molar-refractivity contribution in [1.29, 1.82) is 0 Å². The number of hydrogen-bond acceptors (Lipinski definition) is 5. The van der Waals surface area contributed by atoms with Crippen molar-refractivity contribution in [2.45, 2.75) is 26.7 Å². The average Bonchev–Trinajstić information content (AvgIpc) is 2.54. The van der Waals surface area contributed by atoms with E-state index in [9.17, 15) is 14.4 Å². The van der Waals surface area contributed by atoms with Crippen molar-refractivity contribution in [1.82, 2.24) is 0 Å². The Bertz CT molecular complexity index is 594. The van der Waals surface area contributed by atoms with Crippen LogP contribution in [0.25, 0.3) is 0 Å². The van der Waals surface area contributed by atoms with Crippen molar-refractivity contribution < 1.29 is 19.1 Å². The third kappa shape index (κ3) is 4.24. The smallest absolute Gasteiger partial charge is 0.339 e. The molecule has 1 aromatic rings. The summed E-state index contributed by atoms with van der Waals surface area (Å²) in [6.45, 7) is 3.38. The Balaban J connectivity index is 3.13. The van der Waals surface area contributed by atoms with Crippen LogP contribution in [-0.2, 0) is 14.3 Å². The van der Waals surface area contributed by atoms with E-state index in [1.807, 2.05) is 0 Å². The molecule has 0 unspecified atom stereocenters. The summed E-state index contributed by atoms with van der Waals surface area (Å²) in [7, 11) is 1.25. The summed E-state index contributed by atoms with van der Waals surface area (Å²) >= 11 is 6.11. The van der Waals surface area contributed by atoms with Gasteiger partial charge in [0.1, 0.15) is 17.5 Å². The molecule has 0 aliphatic carbocycles. The van der Waals surface area contributed by atoms with Crippen LogP contribution in [0.4, 0.5) is 5.69 Å². The van der Waals surface area contributed by atoms with E-state index in [-0.39, 0.29) is 35.0 Å². The van der Waals surface area contributed by atoms with E-state index in [1.165, 1.54) is 19.4 Å². The fourth-order valence-electron chi connectivity index (χ4n) is 1.83. The Morgan fingerprint density at radius 1 is 1.23 bits per heavy atom. The van der Waals surface area contributed by atoms with E-state index in [4.69, 9.17) is 11.6 Å². The molecule has 0 atom stereocenters. The lowest BCUT2D eigenvalue weighted by molar-refractivity contribution is -0.129. The van der Waals surface area contributed by atoms with Crippen LogP contribution in [0.3, 0.4) is 0 Å². The van der Waals surface area contributed by atoms with Crippen LogP contribution in [0.15, 0.2) is 23.2 Å². The summed E-state index contributed by atoms with van der Waals surface area (Å²) < 4.78 is 4.63. The van der Waals surface area contributed by atoms with Gasteiger partial charge in [-0.15, -0.1) is 0 Å². The van der Waals surface area contributed by atoms with Gasteiger partial charge in [-0.3, -0.25) is 14.6 Å². The Kier molecular flexibility index (Phi) is 6.92. The first-order valence-corrected chi connectivity index (χ1v) is 7.30. The van der Waals surface area contributed by atoms with E-state index in [0.29, 0.717) is 5.69 Å². The largest absolute Gasteiger partial charge is 0.465 e. The molecule has 5 nitrogen and oxygen atoms in total. The van der Waals surface area contributed by atoms with Gasteiger partial charge in [-0.05, 0) is 12.1 Å². The Hall–Kier alpha value is -2.01. The van der Waals surface area contributed by atoms with E-state index >= 15 is 0 Å². The van der Waals surface area contributed by atoms with E-state index in [1.54, 1.807) is 26.0 Å². The molecule has 6 heteroatoms. The number of hydrogen-bond donors (Lipinski definition) is 0. The maximum atomic E-state index is 11.8. The van der Waals surface area contributed by atoms with Crippen LogP contribution in [0.5, 0.6) is 0 Å². The topological polar surface area (TPSA) is 72.8 Å². The van der Waals surface area contributed by atoms with Crippen molar-refractivity contribution in [3.8, 4) is 0 Å². The normalized spacial score (nSPS) is 11.0. The number of nitrogens with zero attached hydrogens (tertiary/aromatic N) is 1. The molecule has 118 valence electrons. The standard InChI is InChI=1S/C16H18ClNO4/c1-4-13(19)11(14(20)5-2)9-18-12-8-6-7-10(15(12)17)16(21)22-3/h6-9,11H,4-5H2,1-3H3. The van der Waals surface area contributed by atoms with Gasteiger partial charge in [0.05, 0.1) is 23.4 Å². The van der Waals surface area contributed by atoms with Gasteiger partial charge in [-0.1, -0.05) is 31.5 Å². The monoisotopic (exact) mass is 323 g/mol. The molecule has 0 aliphatic heterocycles. The van der Waals surface area contributed by atoms with Gasteiger partial charge in [-0.25, -0.2) is 4.79 Å². The molecule has 0 aromatic heterocycles. The van der Waals surface area contributed by atoms with Crippen molar-refractivity contribution in [3.63, 3.8) is 0 Å². The molecule has 0 heterocycles. The second-order valence-corrected chi connectivity index (χ2v) is 4.90. The fraction of sp³-hybridized carbons (Fsp3) is 0.375. The first-order valence-electron chi connectivity index (χ1n) is 6.92. The molecular weight excluding hydrogens is 306 g/mol. The molecule has 0 bridgehead atoms. The minimum Gasteiger partial charge on any atom is -0.465 e. The van der Waals surface area contributed by atoms with Gasteiger partial charge < -0.3 is 4.74 Å². The highest BCUT2D eigenvalue weighted by Crippen LogP contribution is 2.29. The number of methoxy groups -OCH3 is 1. The van der Waals surface area contributed by atoms with Crippen molar-refractivity contribution in [2.24, 2.45) is 10.9 Å². The van der Waals surface area contributed by atoms with Crippen molar-refractivity contribution in [2.75, 3.05) is 7.11 Å². The number of rotatable bonds is 7. The van der Waals surface area contributed by atoms with Crippen LogP contribution in [0, 0.1) is 5.92 Å². The third-order valence-electron chi connectivity index (χ3n) is 3.14. The molecule has 0 radical (unpaired) electrons. The first kappa shape index (κ1) is 18.0. The minimum atomic E-state index is -0.882. The van der Waals surface area contributed by atoms with E-state index in [2.05, 4.69) is 9.73 Å². The zero-order valence-corrected chi connectivity index (χ0v) is 13.5. The summed E-state index contributed by atoms with van der Waals surface area (Å²) in [4.78, 5) is 39.3. The van der Waals surface area contributed by atoms with Crippen LogP contribution in [-0.4, -0.2) is 30.9 Å². The maximum Gasteiger partial charge on any atom is 0.339 e. The molecule has 0 fully saturated rings. The molecule has 0 aliphatic rings. The summed E-state index contributed by atoms with van der Waals surface area (Å²) in [6, 6.07) is 4.71. The number of ether oxygens (including phenoxy) is 1.